The smallest absolute Gasteiger partial charge is 0.243 e. The molecule has 1 fully saturated rings. The van der Waals surface area contributed by atoms with Crippen molar-refractivity contribution >= 4 is 27.7 Å². The molecule has 1 amide bonds. The number of amides is 1. The number of piperidine rings is 1. The molecule has 0 bridgehead atoms. The average molecular weight is 453 g/mol. The van der Waals surface area contributed by atoms with Crippen LogP contribution in [0, 0.1) is 17.6 Å². The van der Waals surface area contributed by atoms with Crippen LogP contribution in [0.1, 0.15) is 30.9 Å². The van der Waals surface area contributed by atoms with E-state index in [2.05, 4.69) is 5.32 Å². The lowest BCUT2D eigenvalue weighted by Gasteiger charge is -2.32. The standard InChI is InChI=1S/C21H22F2N2O3S2/c22-15-4-6-16(7-5-15)30(27,28)25-11-8-14(9-12-25)21(26)24-19-10-13-29-20-17(19)2-1-3-18(20)23/h1-7,14,19H,8-13H2,(H,24,26). The highest BCUT2D eigenvalue weighted by Crippen LogP contribution is 2.38. The molecule has 1 saturated heterocycles. The van der Waals surface area contributed by atoms with Crippen molar-refractivity contribution in [2.24, 2.45) is 5.92 Å². The second kappa shape index (κ2) is 8.64. The van der Waals surface area contributed by atoms with E-state index >= 15 is 0 Å². The first-order chi connectivity index (χ1) is 14.4. The largest absolute Gasteiger partial charge is 0.349 e. The number of thioether (sulfide) groups is 1. The van der Waals surface area contributed by atoms with Crippen molar-refractivity contribution in [3.8, 4) is 0 Å². The third kappa shape index (κ3) is 4.24. The summed E-state index contributed by atoms with van der Waals surface area (Å²) < 4.78 is 53.9. The van der Waals surface area contributed by atoms with Crippen LogP contribution in [0.15, 0.2) is 52.3 Å². The molecule has 2 aromatic carbocycles. The van der Waals surface area contributed by atoms with E-state index in [0.29, 0.717) is 17.7 Å². The number of hydrogen-bond acceptors (Lipinski definition) is 4. The summed E-state index contributed by atoms with van der Waals surface area (Å²) in [6.07, 6.45) is 1.54. The Kier molecular flexibility index (Phi) is 6.13. The molecule has 0 aliphatic carbocycles. The maximum atomic E-state index is 14.0. The number of fused-ring (bicyclic) bond motifs is 1. The summed E-state index contributed by atoms with van der Waals surface area (Å²) in [5.41, 5.74) is 0.802. The van der Waals surface area contributed by atoms with Gasteiger partial charge < -0.3 is 5.32 Å². The summed E-state index contributed by atoms with van der Waals surface area (Å²) >= 11 is 1.46. The number of sulfonamides is 1. The first-order valence-electron chi connectivity index (χ1n) is 9.83. The summed E-state index contributed by atoms with van der Waals surface area (Å²) in [6, 6.07) is 9.43. The number of carbonyl (C=O) groups excluding carboxylic acids is 1. The molecule has 1 unspecified atom stereocenters. The van der Waals surface area contributed by atoms with Crippen molar-refractivity contribution in [2.75, 3.05) is 18.8 Å². The predicted molar refractivity (Wildman–Crippen MR) is 111 cm³/mol. The Balaban J connectivity index is 1.39. The number of benzene rings is 2. The summed E-state index contributed by atoms with van der Waals surface area (Å²) in [6.45, 7) is 0.451. The Labute approximate surface area is 178 Å². The van der Waals surface area contributed by atoms with Crippen LogP contribution in [0.3, 0.4) is 0 Å². The number of rotatable bonds is 4. The van der Waals surface area contributed by atoms with Gasteiger partial charge in [0.15, 0.2) is 0 Å². The zero-order valence-corrected chi connectivity index (χ0v) is 17.8. The molecule has 160 valence electrons. The molecular weight excluding hydrogens is 430 g/mol. The molecule has 2 aromatic rings. The van der Waals surface area contributed by atoms with Crippen molar-refractivity contribution in [3.05, 3.63) is 59.7 Å². The zero-order valence-electron chi connectivity index (χ0n) is 16.2. The van der Waals surface area contributed by atoms with E-state index in [1.807, 2.05) is 6.07 Å². The lowest BCUT2D eigenvalue weighted by atomic mass is 9.95. The van der Waals surface area contributed by atoms with Gasteiger partial charge in [-0.15, -0.1) is 11.8 Å². The lowest BCUT2D eigenvalue weighted by molar-refractivity contribution is -0.127. The fourth-order valence-corrected chi connectivity index (χ4v) is 6.55. The number of nitrogens with zero attached hydrogens (tertiary/aromatic N) is 1. The fraction of sp³-hybridized carbons (Fsp3) is 0.381. The third-order valence-electron chi connectivity index (χ3n) is 5.62. The van der Waals surface area contributed by atoms with Crippen molar-refractivity contribution in [2.45, 2.75) is 35.1 Å². The van der Waals surface area contributed by atoms with E-state index < -0.39 is 15.8 Å². The van der Waals surface area contributed by atoms with Crippen LogP contribution in [0.2, 0.25) is 0 Å². The first kappa shape index (κ1) is 21.3. The minimum absolute atomic E-state index is 0.0464. The van der Waals surface area contributed by atoms with E-state index in [0.717, 1.165) is 29.9 Å². The molecule has 2 aliphatic heterocycles. The number of nitrogens with one attached hydrogen (secondary N) is 1. The van der Waals surface area contributed by atoms with Crippen LogP contribution in [0.5, 0.6) is 0 Å². The normalized spacial score (nSPS) is 20.5. The molecule has 5 nitrogen and oxygen atoms in total. The van der Waals surface area contributed by atoms with Gasteiger partial charge >= 0.3 is 0 Å². The maximum absolute atomic E-state index is 14.0. The second-order valence-corrected chi connectivity index (χ2v) is 10.5. The molecule has 2 heterocycles. The maximum Gasteiger partial charge on any atom is 0.243 e. The molecule has 9 heteroatoms. The van der Waals surface area contributed by atoms with Gasteiger partial charge in [-0.05, 0) is 55.2 Å². The Morgan fingerprint density at radius 3 is 2.43 bits per heavy atom. The molecule has 0 aromatic heterocycles. The first-order valence-corrected chi connectivity index (χ1v) is 12.3. The van der Waals surface area contributed by atoms with Crippen LogP contribution in [-0.2, 0) is 14.8 Å². The third-order valence-corrected chi connectivity index (χ3v) is 8.69. The molecular formula is C21H22F2N2O3S2. The van der Waals surface area contributed by atoms with Gasteiger partial charge in [-0.3, -0.25) is 4.79 Å². The monoisotopic (exact) mass is 452 g/mol. The fourth-order valence-electron chi connectivity index (χ4n) is 3.94. The van der Waals surface area contributed by atoms with E-state index in [4.69, 9.17) is 0 Å². The van der Waals surface area contributed by atoms with E-state index in [9.17, 15) is 22.0 Å². The van der Waals surface area contributed by atoms with Crippen molar-refractivity contribution < 1.29 is 22.0 Å². The van der Waals surface area contributed by atoms with E-state index in [-0.39, 0.29) is 41.7 Å². The highest BCUT2D eigenvalue weighted by Gasteiger charge is 2.33. The predicted octanol–water partition coefficient (Wildman–Crippen LogP) is 3.72. The van der Waals surface area contributed by atoms with Gasteiger partial charge in [-0.25, -0.2) is 17.2 Å². The average Bonchev–Trinajstić information content (AvgIpc) is 2.75. The van der Waals surface area contributed by atoms with Gasteiger partial charge in [0.1, 0.15) is 11.6 Å². The Hall–Kier alpha value is -1.97. The second-order valence-electron chi connectivity index (χ2n) is 7.49. The molecule has 4 rings (SSSR count). The van der Waals surface area contributed by atoms with Crippen molar-refractivity contribution in [1.29, 1.82) is 0 Å². The van der Waals surface area contributed by atoms with Gasteiger partial charge in [0, 0.05) is 29.7 Å². The molecule has 0 spiro atoms. The SMILES string of the molecule is O=C(NC1CCSc2c(F)cccc21)C1CCN(S(=O)(=O)c2ccc(F)cc2)CC1. The molecule has 30 heavy (non-hydrogen) atoms. The number of hydrogen-bond donors (Lipinski definition) is 1. The number of carbonyl (C=O) groups is 1. The van der Waals surface area contributed by atoms with Crippen LogP contribution in [-0.4, -0.2) is 37.5 Å². The van der Waals surface area contributed by atoms with Crippen molar-refractivity contribution in [3.63, 3.8) is 0 Å². The highest BCUT2D eigenvalue weighted by atomic mass is 32.2. The Morgan fingerprint density at radius 1 is 1.03 bits per heavy atom. The molecule has 1 N–H and O–H groups in total. The topological polar surface area (TPSA) is 66.5 Å². The van der Waals surface area contributed by atoms with Crippen LogP contribution in [0.4, 0.5) is 8.78 Å². The van der Waals surface area contributed by atoms with Crippen LogP contribution in [0.25, 0.3) is 0 Å². The summed E-state index contributed by atoms with van der Waals surface area (Å²) in [7, 11) is -3.71. The van der Waals surface area contributed by atoms with Gasteiger partial charge in [0.25, 0.3) is 0 Å². The molecule has 1 atom stereocenters. The van der Waals surface area contributed by atoms with Gasteiger partial charge in [0.2, 0.25) is 15.9 Å². The van der Waals surface area contributed by atoms with E-state index in [1.54, 1.807) is 6.07 Å². The van der Waals surface area contributed by atoms with Gasteiger partial charge in [0.05, 0.1) is 10.9 Å². The highest BCUT2D eigenvalue weighted by molar-refractivity contribution is 7.99. The lowest BCUT2D eigenvalue weighted by Crippen LogP contribution is -2.44. The quantitative estimate of drug-likeness (QED) is 0.768. The summed E-state index contributed by atoms with van der Waals surface area (Å²) in [5, 5.41) is 3.03. The molecule has 0 saturated carbocycles. The van der Waals surface area contributed by atoms with Crippen LogP contribution < -0.4 is 5.32 Å². The van der Waals surface area contributed by atoms with Gasteiger partial charge in [-0.1, -0.05) is 12.1 Å². The Bertz CT molecular complexity index is 1040. The zero-order chi connectivity index (χ0) is 21.3. The minimum Gasteiger partial charge on any atom is -0.349 e. The molecule has 0 radical (unpaired) electrons. The molecule has 2 aliphatic rings. The van der Waals surface area contributed by atoms with E-state index in [1.165, 1.54) is 34.3 Å². The minimum atomic E-state index is -3.71. The Morgan fingerprint density at radius 2 is 1.73 bits per heavy atom. The summed E-state index contributed by atoms with van der Waals surface area (Å²) in [4.78, 5) is 13.4. The van der Waals surface area contributed by atoms with Crippen molar-refractivity contribution in [1.82, 2.24) is 9.62 Å². The number of halogens is 2. The van der Waals surface area contributed by atoms with Gasteiger partial charge in [-0.2, -0.15) is 4.31 Å². The van der Waals surface area contributed by atoms with Crippen LogP contribution >= 0.6 is 11.8 Å². The summed E-state index contributed by atoms with van der Waals surface area (Å²) in [5.74, 6) is -0.451.